The van der Waals surface area contributed by atoms with Gasteiger partial charge in [-0.3, -0.25) is 4.79 Å². The molecule has 0 bridgehead atoms. The monoisotopic (exact) mass is 224 g/mol. The van der Waals surface area contributed by atoms with Crippen LogP contribution in [0.5, 0.6) is 5.75 Å². The zero-order valence-corrected chi connectivity index (χ0v) is 8.69. The van der Waals surface area contributed by atoms with Crippen molar-refractivity contribution >= 4 is 11.6 Å². The average Bonchev–Trinajstić information content (AvgIpc) is 2.70. The largest absolute Gasteiger partial charge is 0.505 e. The molecule has 1 unspecified atom stereocenters. The third-order valence-corrected chi connectivity index (χ3v) is 2.85. The number of rotatable bonds is 2. The SMILES string of the molecule is NC(=O)C1CCCN1c1cccc(O)c1F. The number of benzene rings is 1. The predicted octanol–water partition coefficient (Wildman–Crippen LogP) is 0.985. The zero-order valence-electron chi connectivity index (χ0n) is 8.69. The van der Waals surface area contributed by atoms with Crippen molar-refractivity contribution in [2.45, 2.75) is 18.9 Å². The van der Waals surface area contributed by atoms with Crippen molar-refractivity contribution in [3.63, 3.8) is 0 Å². The molecule has 1 aromatic carbocycles. The standard InChI is InChI=1S/C11H13FN2O2/c12-10-7(3-1-5-9(10)15)14-6-2-4-8(14)11(13)16/h1,3,5,8,15H,2,4,6H2,(H2,13,16). The Kier molecular flexibility index (Phi) is 2.68. The van der Waals surface area contributed by atoms with E-state index in [0.29, 0.717) is 13.0 Å². The third-order valence-electron chi connectivity index (χ3n) is 2.85. The molecular formula is C11H13FN2O2. The topological polar surface area (TPSA) is 66.6 Å². The van der Waals surface area contributed by atoms with Gasteiger partial charge < -0.3 is 15.7 Å². The number of primary amides is 1. The molecule has 1 atom stereocenters. The number of carbonyl (C=O) groups is 1. The number of phenols is 1. The van der Waals surface area contributed by atoms with Crippen LogP contribution in [0.15, 0.2) is 18.2 Å². The van der Waals surface area contributed by atoms with Crippen LogP contribution in [0.3, 0.4) is 0 Å². The van der Waals surface area contributed by atoms with E-state index < -0.39 is 23.5 Å². The Balaban J connectivity index is 2.36. The molecule has 1 fully saturated rings. The quantitative estimate of drug-likeness (QED) is 0.787. The van der Waals surface area contributed by atoms with Crippen molar-refractivity contribution in [3.05, 3.63) is 24.0 Å². The number of halogens is 1. The van der Waals surface area contributed by atoms with E-state index in [-0.39, 0.29) is 5.69 Å². The van der Waals surface area contributed by atoms with Gasteiger partial charge in [0, 0.05) is 6.54 Å². The van der Waals surface area contributed by atoms with Gasteiger partial charge in [-0.1, -0.05) is 6.07 Å². The summed E-state index contributed by atoms with van der Waals surface area (Å²) in [6, 6.07) is 3.88. The van der Waals surface area contributed by atoms with Gasteiger partial charge in [0.05, 0.1) is 5.69 Å². The fraction of sp³-hybridized carbons (Fsp3) is 0.364. The molecule has 5 heteroatoms. The van der Waals surface area contributed by atoms with Crippen LogP contribution in [0.25, 0.3) is 0 Å². The number of phenolic OH excluding ortho intramolecular Hbond substituents is 1. The summed E-state index contributed by atoms with van der Waals surface area (Å²) in [4.78, 5) is 12.8. The van der Waals surface area contributed by atoms with Crippen LogP contribution in [0, 0.1) is 5.82 Å². The van der Waals surface area contributed by atoms with E-state index in [1.165, 1.54) is 12.1 Å². The molecule has 0 saturated carbocycles. The van der Waals surface area contributed by atoms with Crippen molar-refractivity contribution in [2.75, 3.05) is 11.4 Å². The molecule has 1 amide bonds. The Hall–Kier alpha value is -1.78. The van der Waals surface area contributed by atoms with Crippen molar-refractivity contribution < 1.29 is 14.3 Å². The van der Waals surface area contributed by atoms with E-state index in [1.807, 2.05) is 0 Å². The fourth-order valence-corrected chi connectivity index (χ4v) is 2.08. The molecule has 1 aliphatic heterocycles. The van der Waals surface area contributed by atoms with Crippen molar-refractivity contribution in [2.24, 2.45) is 5.73 Å². The number of nitrogens with two attached hydrogens (primary N) is 1. The molecule has 3 N–H and O–H groups in total. The Labute approximate surface area is 92.5 Å². The second kappa shape index (κ2) is 4.00. The highest BCUT2D eigenvalue weighted by Crippen LogP contribution is 2.31. The second-order valence-corrected chi connectivity index (χ2v) is 3.86. The van der Waals surface area contributed by atoms with Crippen LogP contribution < -0.4 is 10.6 Å². The predicted molar refractivity (Wildman–Crippen MR) is 57.6 cm³/mol. The lowest BCUT2D eigenvalue weighted by Crippen LogP contribution is -2.40. The van der Waals surface area contributed by atoms with Crippen molar-refractivity contribution in [1.82, 2.24) is 0 Å². The maximum atomic E-state index is 13.6. The summed E-state index contributed by atoms with van der Waals surface area (Å²) in [6.07, 6.45) is 1.42. The second-order valence-electron chi connectivity index (χ2n) is 3.86. The Morgan fingerprint density at radius 3 is 3.00 bits per heavy atom. The summed E-state index contributed by atoms with van der Waals surface area (Å²) in [6.45, 7) is 0.577. The summed E-state index contributed by atoms with van der Waals surface area (Å²) in [5.74, 6) is -1.57. The van der Waals surface area contributed by atoms with Gasteiger partial charge >= 0.3 is 0 Å². The van der Waals surface area contributed by atoms with Gasteiger partial charge in [-0.2, -0.15) is 0 Å². The van der Waals surface area contributed by atoms with Crippen LogP contribution in [0.4, 0.5) is 10.1 Å². The van der Waals surface area contributed by atoms with Crippen LogP contribution in [-0.4, -0.2) is 23.6 Å². The van der Waals surface area contributed by atoms with Crippen molar-refractivity contribution in [1.29, 1.82) is 0 Å². The average molecular weight is 224 g/mol. The molecule has 0 spiro atoms. The highest BCUT2D eigenvalue weighted by molar-refractivity contribution is 5.84. The van der Waals surface area contributed by atoms with E-state index in [9.17, 15) is 14.3 Å². The van der Waals surface area contributed by atoms with Crippen molar-refractivity contribution in [3.8, 4) is 5.75 Å². The van der Waals surface area contributed by atoms with Crippen LogP contribution in [0.1, 0.15) is 12.8 Å². The Morgan fingerprint density at radius 2 is 2.31 bits per heavy atom. The molecule has 0 radical (unpaired) electrons. The van der Waals surface area contributed by atoms with E-state index >= 15 is 0 Å². The van der Waals surface area contributed by atoms with Crippen LogP contribution >= 0.6 is 0 Å². The molecule has 4 nitrogen and oxygen atoms in total. The minimum atomic E-state index is -0.698. The molecule has 86 valence electrons. The maximum Gasteiger partial charge on any atom is 0.240 e. The summed E-state index contributed by atoms with van der Waals surface area (Å²) >= 11 is 0. The minimum absolute atomic E-state index is 0.237. The lowest BCUT2D eigenvalue weighted by atomic mass is 10.2. The number of anilines is 1. The van der Waals surface area contributed by atoms with Gasteiger partial charge in [0.1, 0.15) is 6.04 Å². The number of hydrogen-bond acceptors (Lipinski definition) is 3. The lowest BCUT2D eigenvalue weighted by Gasteiger charge is -2.24. The summed E-state index contributed by atoms with van der Waals surface area (Å²) < 4.78 is 13.6. The number of hydrogen-bond donors (Lipinski definition) is 2. The number of nitrogens with zero attached hydrogens (tertiary/aromatic N) is 1. The van der Waals surface area contributed by atoms with E-state index in [4.69, 9.17) is 5.73 Å². The summed E-state index contributed by atoms with van der Waals surface area (Å²) in [5, 5.41) is 9.27. The highest BCUT2D eigenvalue weighted by atomic mass is 19.1. The first kappa shape index (κ1) is 10.7. The number of carbonyl (C=O) groups excluding carboxylic acids is 1. The lowest BCUT2D eigenvalue weighted by molar-refractivity contribution is -0.119. The molecule has 1 aromatic rings. The smallest absolute Gasteiger partial charge is 0.240 e. The fourth-order valence-electron chi connectivity index (χ4n) is 2.08. The van der Waals surface area contributed by atoms with E-state index in [0.717, 1.165) is 6.42 Å². The molecule has 16 heavy (non-hydrogen) atoms. The first-order valence-electron chi connectivity index (χ1n) is 5.14. The number of aromatic hydroxyl groups is 1. The Morgan fingerprint density at radius 1 is 1.56 bits per heavy atom. The van der Waals surface area contributed by atoms with Gasteiger partial charge in [-0.15, -0.1) is 0 Å². The van der Waals surface area contributed by atoms with Gasteiger partial charge in [-0.25, -0.2) is 4.39 Å². The van der Waals surface area contributed by atoms with Gasteiger partial charge in [0.15, 0.2) is 11.6 Å². The van der Waals surface area contributed by atoms with E-state index in [2.05, 4.69) is 0 Å². The van der Waals surface area contributed by atoms with E-state index in [1.54, 1.807) is 11.0 Å². The molecular weight excluding hydrogens is 211 g/mol. The normalized spacial score (nSPS) is 20.1. The molecule has 1 saturated heterocycles. The third kappa shape index (κ3) is 1.68. The van der Waals surface area contributed by atoms with Gasteiger partial charge in [-0.05, 0) is 25.0 Å². The minimum Gasteiger partial charge on any atom is -0.505 e. The summed E-state index contributed by atoms with van der Waals surface area (Å²) in [5.41, 5.74) is 5.49. The first-order chi connectivity index (χ1) is 7.61. The van der Waals surface area contributed by atoms with Gasteiger partial charge in [0.25, 0.3) is 0 Å². The maximum absolute atomic E-state index is 13.6. The molecule has 2 rings (SSSR count). The van der Waals surface area contributed by atoms with Crippen LogP contribution in [-0.2, 0) is 4.79 Å². The van der Waals surface area contributed by atoms with Gasteiger partial charge in [0.2, 0.25) is 5.91 Å². The number of amides is 1. The summed E-state index contributed by atoms with van der Waals surface area (Å²) in [7, 11) is 0. The first-order valence-corrected chi connectivity index (χ1v) is 5.14. The molecule has 0 aromatic heterocycles. The molecule has 1 heterocycles. The Bertz CT molecular complexity index is 422. The van der Waals surface area contributed by atoms with Crippen LogP contribution in [0.2, 0.25) is 0 Å². The molecule has 1 aliphatic rings. The highest BCUT2D eigenvalue weighted by Gasteiger charge is 2.31. The zero-order chi connectivity index (χ0) is 11.7. The molecule has 0 aliphatic carbocycles.